The zero-order valence-corrected chi connectivity index (χ0v) is 13.2. The molecule has 0 unspecified atom stereocenters. The number of thiophene rings is 1. The van der Waals surface area contributed by atoms with Crippen LogP contribution in [0, 0.1) is 11.7 Å². The van der Waals surface area contributed by atoms with Crippen molar-refractivity contribution in [3.63, 3.8) is 0 Å². The first-order chi connectivity index (χ1) is 9.94. The van der Waals surface area contributed by atoms with Crippen LogP contribution in [-0.2, 0) is 11.2 Å². The van der Waals surface area contributed by atoms with E-state index in [1.54, 1.807) is 11.3 Å². The van der Waals surface area contributed by atoms with Crippen LogP contribution in [-0.4, -0.2) is 21.6 Å². The van der Waals surface area contributed by atoms with Crippen molar-refractivity contribution in [3.8, 4) is 0 Å². The molecule has 0 radical (unpaired) electrons. The van der Waals surface area contributed by atoms with Gasteiger partial charge in [-0.1, -0.05) is 0 Å². The van der Waals surface area contributed by atoms with E-state index >= 15 is 0 Å². The monoisotopic (exact) mass is 322 g/mol. The molecule has 1 amide bonds. The summed E-state index contributed by atoms with van der Waals surface area (Å²) in [6.45, 7) is 3.83. The Balaban J connectivity index is 2.01. The summed E-state index contributed by atoms with van der Waals surface area (Å²) < 4.78 is 0.194. The number of nitrogens with one attached hydrogen (secondary N) is 3. The molecule has 2 aromatic heterocycles. The predicted octanol–water partition coefficient (Wildman–Crippen LogP) is 1.89. The minimum atomic E-state index is -0.338. The molecular formula is C13H14N4O2S2. The second-order valence-electron chi connectivity index (χ2n) is 4.43. The van der Waals surface area contributed by atoms with Crippen LogP contribution >= 0.6 is 23.6 Å². The largest absolute Gasteiger partial charge is 0.335 e. The predicted molar refractivity (Wildman–Crippen MR) is 85.4 cm³/mol. The second-order valence-corrected chi connectivity index (χ2v) is 6.13. The van der Waals surface area contributed by atoms with Crippen LogP contribution in [0.15, 0.2) is 28.1 Å². The summed E-state index contributed by atoms with van der Waals surface area (Å²) in [6, 6.07) is 5.25. The smallest absolute Gasteiger partial charge is 0.251 e. The highest BCUT2D eigenvalue weighted by Crippen LogP contribution is 2.15. The molecule has 0 atom stereocenters. The zero-order chi connectivity index (χ0) is 15.4. The molecule has 0 saturated carbocycles. The first-order valence-corrected chi connectivity index (χ1v) is 7.39. The van der Waals surface area contributed by atoms with Crippen molar-refractivity contribution in [2.75, 3.05) is 0 Å². The van der Waals surface area contributed by atoms with E-state index in [4.69, 9.17) is 12.2 Å². The van der Waals surface area contributed by atoms with E-state index in [1.165, 1.54) is 10.9 Å². The standard InChI is InChI=1S/C13H14N4O2S2/c1-7-3-4-10(21-7)8(2)16-17-12(19)6-9-5-11(18)15-13(20)14-9/h3-5H,6H2,1-2H3,(H,17,19)(H2,14,15,18,20)/b16-8-. The first-order valence-electron chi connectivity index (χ1n) is 6.16. The van der Waals surface area contributed by atoms with Crippen LogP contribution in [0.2, 0.25) is 0 Å². The molecule has 0 aliphatic rings. The average molecular weight is 322 g/mol. The van der Waals surface area contributed by atoms with Crippen molar-refractivity contribution >= 4 is 35.2 Å². The Bertz CT molecular complexity index is 772. The van der Waals surface area contributed by atoms with Crippen LogP contribution in [0.1, 0.15) is 22.4 Å². The molecule has 0 aromatic carbocycles. The van der Waals surface area contributed by atoms with E-state index < -0.39 is 0 Å². The highest BCUT2D eigenvalue weighted by atomic mass is 32.1. The number of aromatic amines is 2. The van der Waals surface area contributed by atoms with Gasteiger partial charge in [-0.2, -0.15) is 5.10 Å². The Morgan fingerprint density at radius 1 is 1.43 bits per heavy atom. The Hall–Kier alpha value is -2.06. The van der Waals surface area contributed by atoms with E-state index in [0.29, 0.717) is 5.69 Å². The Labute approximate surface area is 129 Å². The Morgan fingerprint density at radius 3 is 2.81 bits per heavy atom. The lowest BCUT2D eigenvalue weighted by molar-refractivity contribution is -0.120. The van der Waals surface area contributed by atoms with Gasteiger partial charge in [0.25, 0.3) is 5.56 Å². The van der Waals surface area contributed by atoms with Gasteiger partial charge in [0, 0.05) is 16.6 Å². The van der Waals surface area contributed by atoms with E-state index in [0.717, 1.165) is 10.6 Å². The molecule has 8 heteroatoms. The highest BCUT2D eigenvalue weighted by molar-refractivity contribution is 7.71. The molecule has 110 valence electrons. The number of carbonyl (C=O) groups is 1. The van der Waals surface area contributed by atoms with E-state index in [1.807, 2.05) is 26.0 Å². The molecule has 21 heavy (non-hydrogen) atoms. The SMILES string of the molecule is C/C(=N/NC(=O)Cc1cc(=O)[nH]c(=S)[nH]1)c1ccc(C)s1. The molecule has 6 nitrogen and oxygen atoms in total. The average Bonchev–Trinajstić information content (AvgIpc) is 2.81. The molecule has 0 saturated heterocycles. The van der Waals surface area contributed by atoms with Gasteiger partial charge in [0.15, 0.2) is 4.77 Å². The minimum absolute atomic E-state index is 0.00775. The normalized spacial score (nSPS) is 11.4. The third-order valence-electron chi connectivity index (χ3n) is 2.61. The van der Waals surface area contributed by atoms with Crippen LogP contribution < -0.4 is 11.0 Å². The molecule has 0 bridgehead atoms. The molecule has 0 spiro atoms. The number of aromatic nitrogens is 2. The summed E-state index contributed by atoms with van der Waals surface area (Å²) in [5.74, 6) is -0.320. The fourth-order valence-corrected chi connectivity index (χ4v) is 2.70. The lowest BCUT2D eigenvalue weighted by atomic mass is 10.3. The molecule has 0 aliphatic carbocycles. The minimum Gasteiger partial charge on any atom is -0.335 e. The maximum absolute atomic E-state index is 11.8. The van der Waals surface area contributed by atoms with Gasteiger partial charge in [-0.05, 0) is 38.2 Å². The second kappa shape index (κ2) is 6.59. The van der Waals surface area contributed by atoms with Crippen LogP contribution in [0.25, 0.3) is 0 Å². The lowest BCUT2D eigenvalue weighted by Crippen LogP contribution is -2.22. The summed E-state index contributed by atoms with van der Waals surface area (Å²) >= 11 is 6.45. The van der Waals surface area contributed by atoms with Gasteiger partial charge in [0.05, 0.1) is 17.0 Å². The Morgan fingerprint density at radius 2 is 2.19 bits per heavy atom. The van der Waals surface area contributed by atoms with E-state index in [9.17, 15) is 9.59 Å². The maximum atomic E-state index is 11.8. The molecule has 2 rings (SSSR count). The highest BCUT2D eigenvalue weighted by Gasteiger charge is 2.05. The molecule has 2 aromatic rings. The number of aryl methyl sites for hydroxylation is 1. The van der Waals surface area contributed by atoms with Crippen LogP contribution in [0.3, 0.4) is 0 Å². The summed E-state index contributed by atoms with van der Waals surface area (Å²) in [5, 5.41) is 4.05. The fraction of sp³-hybridized carbons (Fsp3) is 0.231. The van der Waals surface area contributed by atoms with Gasteiger partial charge < -0.3 is 4.98 Å². The van der Waals surface area contributed by atoms with Gasteiger partial charge in [0.1, 0.15) is 0 Å². The summed E-state index contributed by atoms with van der Waals surface area (Å²) in [5.41, 5.74) is 3.31. The van der Waals surface area contributed by atoms with Crippen molar-refractivity contribution in [1.29, 1.82) is 0 Å². The van der Waals surface area contributed by atoms with Crippen molar-refractivity contribution in [2.45, 2.75) is 20.3 Å². The fourth-order valence-electron chi connectivity index (χ4n) is 1.66. The third-order valence-corrected chi connectivity index (χ3v) is 3.93. The van der Waals surface area contributed by atoms with Crippen molar-refractivity contribution in [3.05, 3.63) is 48.8 Å². The zero-order valence-electron chi connectivity index (χ0n) is 11.5. The van der Waals surface area contributed by atoms with E-state index in [2.05, 4.69) is 20.5 Å². The number of rotatable bonds is 4. The lowest BCUT2D eigenvalue weighted by Gasteiger charge is -2.02. The van der Waals surface area contributed by atoms with Crippen molar-refractivity contribution < 1.29 is 4.79 Å². The van der Waals surface area contributed by atoms with E-state index in [-0.39, 0.29) is 22.7 Å². The summed E-state index contributed by atoms with van der Waals surface area (Å²) in [7, 11) is 0. The molecule has 2 heterocycles. The quantitative estimate of drug-likeness (QED) is 0.456. The van der Waals surface area contributed by atoms with Gasteiger partial charge in [-0.25, -0.2) is 5.43 Å². The number of hydrogen-bond donors (Lipinski definition) is 3. The number of hydrazone groups is 1. The first kappa shape index (κ1) is 15.3. The molecule has 3 N–H and O–H groups in total. The number of H-pyrrole nitrogens is 2. The van der Waals surface area contributed by atoms with Crippen LogP contribution in [0.4, 0.5) is 0 Å². The topological polar surface area (TPSA) is 90.1 Å². The van der Waals surface area contributed by atoms with Gasteiger partial charge in [-0.15, -0.1) is 11.3 Å². The van der Waals surface area contributed by atoms with Crippen molar-refractivity contribution in [1.82, 2.24) is 15.4 Å². The summed E-state index contributed by atoms with van der Waals surface area (Å²) in [4.78, 5) is 30.4. The molecule has 0 fully saturated rings. The van der Waals surface area contributed by atoms with Crippen LogP contribution in [0.5, 0.6) is 0 Å². The van der Waals surface area contributed by atoms with Gasteiger partial charge >= 0.3 is 0 Å². The van der Waals surface area contributed by atoms with Gasteiger partial charge in [0.2, 0.25) is 5.91 Å². The number of nitrogens with zero attached hydrogens (tertiary/aromatic N) is 1. The number of amides is 1. The Kier molecular flexibility index (Phi) is 4.81. The van der Waals surface area contributed by atoms with Gasteiger partial charge in [-0.3, -0.25) is 14.6 Å². The number of hydrogen-bond acceptors (Lipinski definition) is 5. The maximum Gasteiger partial charge on any atom is 0.251 e. The number of carbonyl (C=O) groups excluding carboxylic acids is 1. The summed E-state index contributed by atoms with van der Waals surface area (Å²) in [6.07, 6.45) is 0.00775. The molecular weight excluding hydrogens is 308 g/mol. The third kappa shape index (κ3) is 4.47. The molecule has 0 aliphatic heterocycles. The van der Waals surface area contributed by atoms with Crippen molar-refractivity contribution in [2.24, 2.45) is 5.10 Å².